The normalized spacial score (nSPS) is 27.3. The minimum absolute atomic E-state index is 0.0579. The fourth-order valence-electron chi connectivity index (χ4n) is 2.57. The quantitative estimate of drug-likeness (QED) is 0.311. The van der Waals surface area contributed by atoms with Gasteiger partial charge in [0, 0.05) is 11.8 Å². The summed E-state index contributed by atoms with van der Waals surface area (Å²) in [5.41, 5.74) is 4.91. The number of carbonyl (C=O) groups excluding carboxylic acids is 1. The van der Waals surface area contributed by atoms with Crippen LogP contribution in [-0.4, -0.2) is 34.5 Å². The Morgan fingerprint density at radius 3 is 2.72 bits per heavy atom. The van der Waals surface area contributed by atoms with Gasteiger partial charge in [-0.3, -0.25) is 4.79 Å². The first-order chi connectivity index (χ1) is 8.69. The van der Waals surface area contributed by atoms with Crippen molar-refractivity contribution in [2.45, 2.75) is 43.8 Å². The average Bonchev–Trinajstić information content (AvgIpc) is 2.36. The van der Waals surface area contributed by atoms with E-state index >= 15 is 0 Å². The summed E-state index contributed by atoms with van der Waals surface area (Å²) in [7, 11) is 0. The predicted molar refractivity (Wildman–Crippen MR) is 72.8 cm³/mol. The first kappa shape index (κ1) is 13.5. The molecule has 2 aliphatic rings. The minimum Gasteiger partial charge on any atom is -0.409 e. The molecule has 0 radical (unpaired) electrons. The Balaban J connectivity index is 1.86. The fraction of sp³-hybridized carbons (Fsp3) is 0.833. The first-order valence-corrected chi connectivity index (χ1v) is 7.62. The van der Waals surface area contributed by atoms with E-state index in [1.807, 2.05) is 11.8 Å². The zero-order valence-electron chi connectivity index (χ0n) is 10.5. The van der Waals surface area contributed by atoms with Crippen molar-refractivity contribution < 1.29 is 10.0 Å². The molecule has 0 aromatic carbocycles. The average molecular weight is 271 g/mol. The highest BCUT2D eigenvalue weighted by Crippen LogP contribution is 2.41. The molecule has 0 bridgehead atoms. The van der Waals surface area contributed by atoms with Gasteiger partial charge in [-0.15, -0.1) is 0 Å². The summed E-state index contributed by atoms with van der Waals surface area (Å²) in [6.07, 6.45) is 6.03. The van der Waals surface area contributed by atoms with Crippen molar-refractivity contribution in [1.29, 1.82) is 0 Å². The van der Waals surface area contributed by atoms with E-state index < -0.39 is 5.41 Å². The van der Waals surface area contributed by atoms with Crippen molar-refractivity contribution in [2.24, 2.45) is 16.3 Å². The van der Waals surface area contributed by atoms with E-state index in [1.165, 1.54) is 25.0 Å². The maximum atomic E-state index is 12.2. The standard InChI is InChI=1S/C12H21N3O2S/c13-10(15-17)12(5-3-6-12)11(16)14-8-9-4-1-2-7-18-9/h9,17H,1-8H2,(H2,13,15)(H,14,16). The third-order valence-electron chi connectivity index (χ3n) is 4.00. The van der Waals surface area contributed by atoms with Crippen molar-refractivity contribution in [3.8, 4) is 0 Å². The zero-order valence-corrected chi connectivity index (χ0v) is 11.3. The number of nitrogens with two attached hydrogens (primary N) is 1. The molecule has 1 atom stereocenters. The van der Waals surface area contributed by atoms with Crippen LogP contribution in [0.15, 0.2) is 5.16 Å². The van der Waals surface area contributed by atoms with Gasteiger partial charge in [0.1, 0.15) is 5.41 Å². The number of hydrogen-bond donors (Lipinski definition) is 3. The van der Waals surface area contributed by atoms with Gasteiger partial charge in [-0.25, -0.2) is 0 Å². The summed E-state index contributed by atoms with van der Waals surface area (Å²) >= 11 is 1.93. The van der Waals surface area contributed by atoms with Crippen LogP contribution in [-0.2, 0) is 4.79 Å². The van der Waals surface area contributed by atoms with E-state index in [2.05, 4.69) is 10.5 Å². The molecule has 1 amide bonds. The molecule has 0 spiro atoms. The predicted octanol–water partition coefficient (Wildman–Crippen LogP) is 1.30. The summed E-state index contributed by atoms with van der Waals surface area (Å²) in [4.78, 5) is 12.2. The van der Waals surface area contributed by atoms with Crippen LogP contribution in [0.4, 0.5) is 0 Å². The largest absolute Gasteiger partial charge is 0.409 e. The first-order valence-electron chi connectivity index (χ1n) is 6.57. The van der Waals surface area contributed by atoms with E-state index in [4.69, 9.17) is 10.9 Å². The molecule has 0 aromatic heterocycles. The second-order valence-electron chi connectivity index (χ2n) is 5.12. The molecule has 0 aromatic rings. The van der Waals surface area contributed by atoms with Crippen LogP contribution in [0, 0.1) is 5.41 Å². The topological polar surface area (TPSA) is 87.7 Å². The molecule has 102 valence electrons. The van der Waals surface area contributed by atoms with Gasteiger partial charge in [0.05, 0.1) is 0 Å². The highest BCUT2D eigenvalue weighted by Gasteiger charge is 2.48. The summed E-state index contributed by atoms with van der Waals surface area (Å²) in [5.74, 6) is 1.17. The Bertz CT molecular complexity index is 336. The van der Waals surface area contributed by atoms with Crippen LogP contribution in [0.3, 0.4) is 0 Å². The number of amidine groups is 1. The lowest BCUT2D eigenvalue weighted by Crippen LogP contribution is -2.54. The van der Waals surface area contributed by atoms with E-state index in [0.717, 1.165) is 6.42 Å². The summed E-state index contributed by atoms with van der Waals surface area (Å²) < 4.78 is 0. The number of oxime groups is 1. The van der Waals surface area contributed by atoms with E-state index in [9.17, 15) is 4.79 Å². The second kappa shape index (κ2) is 5.82. The van der Waals surface area contributed by atoms with Crippen LogP contribution in [0.2, 0.25) is 0 Å². The molecular formula is C12H21N3O2S. The van der Waals surface area contributed by atoms with Crippen LogP contribution in [0.5, 0.6) is 0 Å². The molecule has 2 fully saturated rings. The summed E-state index contributed by atoms with van der Waals surface area (Å²) in [6, 6.07) is 0. The Kier molecular flexibility index (Phi) is 4.37. The van der Waals surface area contributed by atoms with Gasteiger partial charge in [-0.05, 0) is 31.4 Å². The fourth-order valence-corrected chi connectivity index (χ4v) is 3.81. The molecule has 1 heterocycles. The van der Waals surface area contributed by atoms with Gasteiger partial charge >= 0.3 is 0 Å². The smallest absolute Gasteiger partial charge is 0.233 e. The number of rotatable bonds is 4. The highest BCUT2D eigenvalue weighted by atomic mass is 32.2. The lowest BCUT2D eigenvalue weighted by Gasteiger charge is -2.39. The zero-order chi connectivity index (χ0) is 13.0. The van der Waals surface area contributed by atoms with Crippen LogP contribution in [0.1, 0.15) is 38.5 Å². The molecule has 4 N–H and O–H groups in total. The van der Waals surface area contributed by atoms with Crippen LogP contribution >= 0.6 is 11.8 Å². The van der Waals surface area contributed by atoms with Crippen molar-refractivity contribution >= 4 is 23.5 Å². The van der Waals surface area contributed by atoms with E-state index in [1.54, 1.807) is 0 Å². The number of carbonyl (C=O) groups is 1. The van der Waals surface area contributed by atoms with E-state index in [0.29, 0.717) is 24.6 Å². The van der Waals surface area contributed by atoms with Crippen LogP contribution < -0.4 is 11.1 Å². The van der Waals surface area contributed by atoms with Crippen molar-refractivity contribution in [3.63, 3.8) is 0 Å². The highest BCUT2D eigenvalue weighted by molar-refractivity contribution is 7.99. The van der Waals surface area contributed by atoms with Crippen molar-refractivity contribution in [3.05, 3.63) is 0 Å². The molecule has 1 aliphatic heterocycles. The lowest BCUT2D eigenvalue weighted by molar-refractivity contribution is -0.131. The molecule has 18 heavy (non-hydrogen) atoms. The number of nitrogens with one attached hydrogen (secondary N) is 1. The monoisotopic (exact) mass is 271 g/mol. The number of hydrogen-bond acceptors (Lipinski definition) is 4. The molecule has 1 unspecified atom stereocenters. The number of nitrogens with zero attached hydrogens (tertiary/aromatic N) is 1. The summed E-state index contributed by atoms with van der Waals surface area (Å²) in [5, 5.41) is 15.3. The number of thioether (sulfide) groups is 1. The van der Waals surface area contributed by atoms with Gasteiger partial charge in [0.25, 0.3) is 0 Å². The number of amides is 1. The van der Waals surface area contributed by atoms with Crippen molar-refractivity contribution in [1.82, 2.24) is 5.32 Å². The Hall–Kier alpha value is -0.910. The molecule has 5 nitrogen and oxygen atoms in total. The van der Waals surface area contributed by atoms with E-state index in [-0.39, 0.29) is 11.7 Å². The Morgan fingerprint density at radius 1 is 1.44 bits per heavy atom. The van der Waals surface area contributed by atoms with Gasteiger partial charge in [0.15, 0.2) is 5.84 Å². The van der Waals surface area contributed by atoms with Crippen LogP contribution in [0.25, 0.3) is 0 Å². The molecule has 1 saturated carbocycles. The molecule has 1 aliphatic carbocycles. The van der Waals surface area contributed by atoms with Gasteiger partial charge in [-0.1, -0.05) is 18.0 Å². The van der Waals surface area contributed by atoms with Gasteiger partial charge in [-0.2, -0.15) is 11.8 Å². The second-order valence-corrected chi connectivity index (χ2v) is 6.53. The molecule has 6 heteroatoms. The van der Waals surface area contributed by atoms with Gasteiger partial charge in [0.2, 0.25) is 5.91 Å². The summed E-state index contributed by atoms with van der Waals surface area (Å²) in [6.45, 7) is 0.698. The van der Waals surface area contributed by atoms with Gasteiger partial charge < -0.3 is 16.3 Å². The molecule has 2 rings (SSSR count). The lowest BCUT2D eigenvalue weighted by atomic mass is 9.67. The Labute approximate surface area is 112 Å². The molecule has 1 saturated heterocycles. The maximum Gasteiger partial charge on any atom is 0.233 e. The maximum absolute atomic E-state index is 12.2. The Morgan fingerprint density at radius 2 is 2.22 bits per heavy atom. The third kappa shape index (κ3) is 2.58. The molecular weight excluding hydrogens is 250 g/mol. The van der Waals surface area contributed by atoms with Crippen molar-refractivity contribution in [2.75, 3.05) is 12.3 Å². The SMILES string of the molecule is NC(=NO)C1(C(=O)NCC2CCCCS2)CCC1. The third-order valence-corrected chi connectivity index (χ3v) is 5.40. The minimum atomic E-state index is -0.742.